The number of hydrogen-bond acceptors (Lipinski definition) is 4. The third kappa shape index (κ3) is 3.93. The molecule has 0 radical (unpaired) electrons. The number of aromatic nitrogens is 2. The molecule has 0 fully saturated rings. The van der Waals surface area contributed by atoms with Gasteiger partial charge in [-0.3, -0.25) is 0 Å². The van der Waals surface area contributed by atoms with Crippen molar-refractivity contribution in [3.63, 3.8) is 0 Å². The van der Waals surface area contributed by atoms with Crippen LogP contribution in [0.15, 0.2) is 30.6 Å². The number of aryl methyl sites for hydroxylation is 1. The van der Waals surface area contributed by atoms with E-state index in [0.29, 0.717) is 10.8 Å². The van der Waals surface area contributed by atoms with Gasteiger partial charge < -0.3 is 10.1 Å². The van der Waals surface area contributed by atoms with Crippen LogP contribution >= 0.6 is 11.6 Å². The summed E-state index contributed by atoms with van der Waals surface area (Å²) in [6.07, 6.45) is 7.10. The van der Waals surface area contributed by atoms with Crippen LogP contribution in [-0.2, 0) is 6.42 Å². The lowest BCUT2D eigenvalue weighted by atomic mass is 9.90. The van der Waals surface area contributed by atoms with E-state index in [9.17, 15) is 4.39 Å². The Balaban J connectivity index is 1.69. The molecule has 1 N–H and O–H groups in total. The highest BCUT2D eigenvalue weighted by Gasteiger charge is 2.18. The van der Waals surface area contributed by atoms with Crippen molar-refractivity contribution in [3.05, 3.63) is 52.7 Å². The zero-order chi connectivity index (χ0) is 17.8. The maximum Gasteiger partial charge on any atom is 0.165 e. The van der Waals surface area contributed by atoms with E-state index in [0.717, 1.165) is 42.5 Å². The number of anilines is 1. The second-order valence-electron chi connectivity index (χ2n) is 6.03. The number of nitrogens with zero attached hydrogens (tertiary/aromatic N) is 2. The van der Waals surface area contributed by atoms with Gasteiger partial charge in [0.25, 0.3) is 0 Å². The monoisotopic (exact) mass is 361 g/mol. The SMILES string of the molecule is CCc1ncnc(NC2CC=C(c3ccc(OC)c(F)c3)CC2)c1Cl. The Morgan fingerprint density at radius 1 is 1.36 bits per heavy atom. The van der Waals surface area contributed by atoms with Gasteiger partial charge in [-0.25, -0.2) is 14.4 Å². The first-order valence-corrected chi connectivity index (χ1v) is 8.79. The van der Waals surface area contributed by atoms with Crippen LogP contribution in [0.2, 0.25) is 5.02 Å². The molecule has 3 rings (SSSR count). The van der Waals surface area contributed by atoms with Crippen molar-refractivity contribution in [2.24, 2.45) is 0 Å². The van der Waals surface area contributed by atoms with Crippen molar-refractivity contribution in [2.45, 2.75) is 38.6 Å². The van der Waals surface area contributed by atoms with Gasteiger partial charge in [0, 0.05) is 6.04 Å². The third-order valence-electron chi connectivity index (χ3n) is 4.47. The van der Waals surface area contributed by atoms with Crippen molar-refractivity contribution in [1.29, 1.82) is 0 Å². The van der Waals surface area contributed by atoms with Crippen molar-refractivity contribution in [3.8, 4) is 5.75 Å². The van der Waals surface area contributed by atoms with Crippen LogP contribution in [0.25, 0.3) is 5.57 Å². The molecule has 0 bridgehead atoms. The zero-order valence-corrected chi connectivity index (χ0v) is 15.1. The Bertz CT molecular complexity index is 794. The maximum absolute atomic E-state index is 13.9. The van der Waals surface area contributed by atoms with Gasteiger partial charge in [0.1, 0.15) is 17.2 Å². The number of halogens is 2. The number of nitrogens with one attached hydrogen (secondary N) is 1. The number of benzene rings is 1. The lowest BCUT2D eigenvalue weighted by Crippen LogP contribution is -2.22. The standard InChI is InChI=1S/C19H21ClFN3O/c1-3-16-18(20)19(23-11-22-16)24-14-7-4-12(5-8-14)13-6-9-17(25-2)15(21)10-13/h4,6,9-11,14H,3,5,7-8H2,1-2H3,(H,22,23,24). The fraction of sp³-hybridized carbons (Fsp3) is 0.368. The molecule has 0 aliphatic heterocycles. The molecule has 1 unspecified atom stereocenters. The molecule has 1 aromatic heterocycles. The van der Waals surface area contributed by atoms with Gasteiger partial charge in [-0.05, 0) is 49.0 Å². The molecule has 1 heterocycles. The van der Waals surface area contributed by atoms with Gasteiger partial charge in [-0.2, -0.15) is 0 Å². The molecule has 2 aromatic rings. The molecule has 0 saturated carbocycles. The van der Waals surface area contributed by atoms with Crippen LogP contribution in [0.5, 0.6) is 5.75 Å². The summed E-state index contributed by atoms with van der Waals surface area (Å²) in [5.74, 6) is 0.622. The molecule has 0 saturated heterocycles. The molecule has 132 valence electrons. The topological polar surface area (TPSA) is 47.0 Å². The molecule has 1 aliphatic carbocycles. The number of methoxy groups -OCH3 is 1. The van der Waals surface area contributed by atoms with E-state index in [1.807, 2.05) is 13.0 Å². The Morgan fingerprint density at radius 3 is 2.84 bits per heavy atom. The maximum atomic E-state index is 13.9. The van der Waals surface area contributed by atoms with Gasteiger partial charge in [0.05, 0.1) is 12.8 Å². The van der Waals surface area contributed by atoms with Gasteiger partial charge in [0.15, 0.2) is 11.6 Å². The predicted molar refractivity (Wildman–Crippen MR) is 98.6 cm³/mol. The second-order valence-corrected chi connectivity index (χ2v) is 6.41. The number of hydrogen-bond donors (Lipinski definition) is 1. The molecule has 0 amide bonds. The summed E-state index contributed by atoms with van der Waals surface area (Å²) in [6.45, 7) is 2.02. The van der Waals surface area contributed by atoms with Gasteiger partial charge >= 0.3 is 0 Å². The van der Waals surface area contributed by atoms with E-state index in [-0.39, 0.29) is 17.6 Å². The quantitative estimate of drug-likeness (QED) is 0.823. The smallest absolute Gasteiger partial charge is 0.165 e. The zero-order valence-electron chi connectivity index (χ0n) is 14.4. The fourth-order valence-electron chi connectivity index (χ4n) is 3.04. The highest BCUT2D eigenvalue weighted by Crippen LogP contribution is 2.31. The van der Waals surface area contributed by atoms with Gasteiger partial charge in [-0.1, -0.05) is 30.7 Å². The first-order chi connectivity index (χ1) is 12.1. The summed E-state index contributed by atoms with van der Waals surface area (Å²) >= 11 is 6.34. The Hall–Kier alpha value is -2.14. The molecule has 25 heavy (non-hydrogen) atoms. The van der Waals surface area contributed by atoms with Crippen LogP contribution in [-0.4, -0.2) is 23.1 Å². The highest BCUT2D eigenvalue weighted by atomic mass is 35.5. The van der Waals surface area contributed by atoms with Crippen LogP contribution < -0.4 is 10.1 Å². The first kappa shape index (κ1) is 17.7. The Morgan fingerprint density at radius 2 is 2.20 bits per heavy atom. The van der Waals surface area contributed by atoms with E-state index in [1.165, 1.54) is 19.5 Å². The summed E-state index contributed by atoms with van der Waals surface area (Å²) in [5.41, 5.74) is 2.91. The molecule has 1 aliphatic rings. The van der Waals surface area contributed by atoms with Crippen molar-refractivity contribution in [1.82, 2.24) is 9.97 Å². The minimum atomic E-state index is -0.332. The summed E-state index contributed by atoms with van der Waals surface area (Å²) < 4.78 is 18.9. The minimum absolute atomic E-state index is 0.254. The lowest BCUT2D eigenvalue weighted by molar-refractivity contribution is 0.386. The molecular formula is C19H21ClFN3O. The third-order valence-corrected chi connectivity index (χ3v) is 4.87. The fourth-order valence-corrected chi connectivity index (χ4v) is 3.33. The van der Waals surface area contributed by atoms with E-state index in [2.05, 4.69) is 21.4 Å². The molecule has 6 heteroatoms. The van der Waals surface area contributed by atoms with Crippen LogP contribution in [0.3, 0.4) is 0 Å². The van der Waals surface area contributed by atoms with Crippen LogP contribution in [0.1, 0.15) is 37.4 Å². The average Bonchev–Trinajstić information content (AvgIpc) is 2.64. The van der Waals surface area contributed by atoms with Gasteiger partial charge in [-0.15, -0.1) is 0 Å². The normalized spacial score (nSPS) is 17.1. The summed E-state index contributed by atoms with van der Waals surface area (Å²) in [4.78, 5) is 8.43. The minimum Gasteiger partial charge on any atom is -0.494 e. The number of rotatable bonds is 5. The average molecular weight is 362 g/mol. The molecule has 1 aromatic carbocycles. The number of ether oxygens (including phenoxy) is 1. The van der Waals surface area contributed by atoms with Crippen LogP contribution in [0, 0.1) is 5.82 Å². The largest absolute Gasteiger partial charge is 0.494 e. The summed E-state index contributed by atoms with van der Waals surface area (Å²) in [6, 6.07) is 5.36. The Labute approximate surface area is 152 Å². The van der Waals surface area contributed by atoms with E-state index in [1.54, 1.807) is 6.07 Å². The highest BCUT2D eigenvalue weighted by molar-refractivity contribution is 6.33. The lowest BCUT2D eigenvalue weighted by Gasteiger charge is -2.24. The van der Waals surface area contributed by atoms with E-state index in [4.69, 9.17) is 16.3 Å². The molecular weight excluding hydrogens is 341 g/mol. The predicted octanol–water partition coefficient (Wildman–Crippen LogP) is 4.89. The number of allylic oxidation sites excluding steroid dienone is 1. The van der Waals surface area contributed by atoms with Crippen LogP contribution in [0.4, 0.5) is 10.2 Å². The summed E-state index contributed by atoms with van der Waals surface area (Å²) in [7, 11) is 1.47. The van der Waals surface area contributed by atoms with Crippen molar-refractivity contribution < 1.29 is 9.13 Å². The molecule has 4 nitrogen and oxygen atoms in total. The van der Waals surface area contributed by atoms with E-state index < -0.39 is 0 Å². The van der Waals surface area contributed by atoms with Crippen molar-refractivity contribution >= 4 is 23.0 Å². The Kier molecular flexibility index (Phi) is 5.53. The first-order valence-electron chi connectivity index (χ1n) is 8.41. The summed E-state index contributed by atoms with van der Waals surface area (Å²) in [5, 5.41) is 4.00. The molecule has 0 spiro atoms. The van der Waals surface area contributed by atoms with Crippen molar-refractivity contribution in [2.75, 3.05) is 12.4 Å². The van der Waals surface area contributed by atoms with Gasteiger partial charge in [0.2, 0.25) is 0 Å². The molecule has 1 atom stereocenters. The van der Waals surface area contributed by atoms with E-state index >= 15 is 0 Å². The second kappa shape index (κ2) is 7.83.